The van der Waals surface area contributed by atoms with E-state index in [1.54, 1.807) is 0 Å². The Morgan fingerprint density at radius 3 is 2.27 bits per heavy atom. The van der Waals surface area contributed by atoms with Crippen molar-refractivity contribution >= 4 is 11.9 Å². The number of aliphatic hydroxyl groups is 5. The average Bonchev–Trinajstić information content (AvgIpc) is 2.90. The molecule has 11 atom stereocenters. The summed E-state index contributed by atoms with van der Waals surface area (Å²) in [5.41, 5.74) is -5.77. The van der Waals surface area contributed by atoms with Gasteiger partial charge in [-0.2, -0.15) is 0 Å². The Bertz CT molecular complexity index is 1060. The monoisotopic (exact) mass is 566 g/mol. The number of hydrogen-bond acceptors (Lipinski definition) is 9. The average molecular weight is 567 g/mol. The van der Waals surface area contributed by atoms with Gasteiger partial charge in [-0.05, 0) is 81.5 Å². The zero-order valence-corrected chi connectivity index (χ0v) is 25.2. The third-order valence-electron chi connectivity index (χ3n) is 12.9. The van der Waals surface area contributed by atoms with Crippen LogP contribution in [0.1, 0.15) is 86.0 Å². The molecule has 4 aliphatic rings. The zero-order chi connectivity index (χ0) is 30.1. The first-order valence-electron chi connectivity index (χ1n) is 14.7. The second-order valence-corrected chi connectivity index (χ2v) is 14.2. The van der Waals surface area contributed by atoms with E-state index in [9.17, 15) is 35.1 Å². The van der Waals surface area contributed by atoms with E-state index < -0.39 is 81.4 Å². The van der Waals surface area contributed by atoms with Crippen molar-refractivity contribution in [1.82, 2.24) is 0 Å². The van der Waals surface area contributed by atoms with Crippen LogP contribution < -0.4 is 0 Å². The summed E-state index contributed by atoms with van der Waals surface area (Å²) >= 11 is 0. The van der Waals surface area contributed by atoms with Gasteiger partial charge in [0.2, 0.25) is 0 Å². The summed E-state index contributed by atoms with van der Waals surface area (Å²) in [7, 11) is 2.63. The van der Waals surface area contributed by atoms with Crippen LogP contribution in [0.2, 0.25) is 0 Å². The molecule has 9 nitrogen and oxygen atoms in total. The quantitative estimate of drug-likeness (QED) is 0.241. The van der Waals surface area contributed by atoms with E-state index in [4.69, 9.17) is 9.47 Å². The number of allylic oxidation sites excluding steroid dienone is 1. The molecule has 0 bridgehead atoms. The van der Waals surface area contributed by atoms with E-state index in [0.717, 1.165) is 5.57 Å². The highest BCUT2D eigenvalue weighted by molar-refractivity contribution is 5.81. The van der Waals surface area contributed by atoms with Gasteiger partial charge in [0.1, 0.15) is 5.41 Å². The fraction of sp³-hybridized carbons (Fsp3) is 0.871. The van der Waals surface area contributed by atoms with Gasteiger partial charge in [0, 0.05) is 11.8 Å². The second-order valence-electron chi connectivity index (χ2n) is 14.2. The molecule has 0 aromatic heterocycles. The normalized spacial score (nSPS) is 49.0. The van der Waals surface area contributed by atoms with Crippen molar-refractivity contribution in [2.45, 2.75) is 110 Å². The molecule has 0 spiro atoms. The predicted octanol–water partition coefficient (Wildman–Crippen LogP) is 2.50. The molecule has 228 valence electrons. The van der Waals surface area contributed by atoms with Crippen LogP contribution in [0.15, 0.2) is 11.6 Å². The summed E-state index contributed by atoms with van der Waals surface area (Å²) in [6.45, 7) is 8.82. The van der Waals surface area contributed by atoms with E-state index in [1.165, 1.54) is 21.1 Å². The van der Waals surface area contributed by atoms with Crippen molar-refractivity contribution in [1.29, 1.82) is 0 Å². The Hall–Kier alpha value is -1.52. The standard InChI is InChI=1S/C31H50O9/c1-18-10-11-26(3)12-14-28(5)23-22(35)24(36)29(17-32,19(2)33)20(8-9-21(34)39-6)27(23,4)13-15-30(28,25(37)40-7)31(26,38)16-18/h10,19-20,22-24,32-33,35-36,38H,8-9,11-17H2,1-7H3/t19-,20+,22+,23+,24+,26-,27+,28-,29-,30+,31+/m1/s1. The van der Waals surface area contributed by atoms with Gasteiger partial charge >= 0.3 is 11.9 Å². The van der Waals surface area contributed by atoms with Crippen molar-refractivity contribution in [3.63, 3.8) is 0 Å². The molecule has 5 N–H and O–H groups in total. The van der Waals surface area contributed by atoms with E-state index in [0.29, 0.717) is 32.1 Å². The lowest BCUT2D eigenvalue weighted by Gasteiger charge is -2.75. The van der Waals surface area contributed by atoms with Crippen molar-refractivity contribution in [3.8, 4) is 0 Å². The van der Waals surface area contributed by atoms with Crippen LogP contribution in [-0.2, 0) is 19.1 Å². The second kappa shape index (κ2) is 10.0. The van der Waals surface area contributed by atoms with E-state index in [1.807, 2.05) is 27.7 Å². The lowest BCUT2D eigenvalue weighted by molar-refractivity contribution is -0.340. The highest BCUT2D eigenvalue weighted by Crippen LogP contribution is 2.78. The Morgan fingerprint density at radius 1 is 1.07 bits per heavy atom. The molecule has 40 heavy (non-hydrogen) atoms. The number of methoxy groups -OCH3 is 2. The Balaban J connectivity index is 1.97. The molecule has 0 aromatic carbocycles. The molecule has 4 aliphatic carbocycles. The number of esters is 2. The third-order valence-corrected chi connectivity index (χ3v) is 12.9. The van der Waals surface area contributed by atoms with E-state index >= 15 is 0 Å². The summed E-state index contributed by atoms with van der Waals surface area (Å²) < 4.78 is 10.4. The fourth-order valence-electron chi connectivity index (χ4n) is 10.7. The van der Waals surface area contributed by atoms with E-state index in [-0.39, 0.29) is 19.3 Å². The lowest BCUT2D eigenvalue weighted by atomic mass is 9.29. The van der Waals surface area contributed by atoms with Gasteiger partial charge in [-0.3, -0.25) is 9.59 Å². The number of carbonyl (C=O) groups excluding carboxylic acids is 2. The maximum atomic E-state index is 14.1. The smallest absolute Gasteiger partial charge is 0.315 e. The highest BCUT2D eigenvalue weighted by Gasteiger charge is 2.81. The van der Waals surface area contributed by atoms with Gasteiger partial charge in [-0.1, -0.05) is 32.4 Å². The summed E-state index contributed by atoms with van der Waals surface area (Å²) in [6.07, 6.45) is 0.839. The summed E-state index contributed by atoms with van der Waals surface area (Å²) in [4.78, 5) is 26.5. The molecule has 0 heterocycles. The fourth-order valence-corrected chi connectivity index (χ4v) is 10.7. The molecular formula is C31H50O9. The third kappa shape index (κ3) is 3.63. The number of carbonyl (C=O) groups is 2. The van der Waals surface area contributed by atoms with Gasteiger partial charge in [-0.25, -0.2) is 0 Å². The van der Waals surface area contributed by atoms with Gasteiger partial charge in [0.05, 0.1) is 50.2 Å². The molecule has 9 heteroatoms. The summed E-state index contributed by atoms with van der Waals surface area (Å²) in [5.74, 6) is -2.27. The minimum absolute atomic E-state index is 0.00557. The molecule has 3 fully saturated rings. The largest absolute Gasteiger partial charge is 0.469 e. The first-order chi connectivity index (χ1) is 18.5. The molecule has 4 rings (SSSR count). The number of aliphatic hydroxyl groups excluding tert-OH is 4. The summed E-state index contributed by atoms with van der Waals surface area (Å²) in [5, 5.41) is 58.5. The maximum absolute atomic E-state index is 14.1. The topological polar surface area (TPSA) is 154 Å². The minimum atomic E-state index is -1.54. The molecule has 0 aromatic rings. The Labute approximate surface area is 237 Å². The van der Waals surface area contributed by atoms with Crippen LogP contribution in [0.3, 0.4) is 0 Å². The molecule has 0 unspecified atom stereocenters. The Morgan fingerprint density at radius 2 is 1.73 bits per heavy atom. The predicted molar refractivity (Wildman–Crippen MR) is 147 cm³/mol. The molecular weight excluding hydrogens is 516 g/mol. The van der Waals surface area contributed by atoms with Crippen molar-refractivity contribution in [2.75, 3.05) is 20.8 Å². The van der Waals surface area contributed by atoms with Gasteiger partial charge in [-0.15, -0.1) is 0 Å². The van der Waals surface area contributed by atoms with Crippen molar-refractivity contribution in [3.05, 3.63) is 11.6 Å². The van der Waals surface area contributed by atoms with Crippen LogP contribution >= 0.6 is 0 Å². The minimum Gasteiger partial charge on any atom is -0.469 e. The van der Waals surface area contributed by atoms with Crippen LogP contribution in [-0.4, -0.2) is 82.2 Å². The lowest BCUT2D eigenvalue weighted by Crippen LogP contribution is -2.80. The van der Waals surface area contributed by atoms with Crippen molar-refractivity contribution in [2.24, 2.45) is 38.9 Å². The van der Waals surface area contributed by atoms with Crippen LogP contribution in [0.25, 0.3) is 0 Å². The zero-order valence-electron chi connectivity index (χ0n) is 25.2. The van der Waals surface area contributed by atoms with Gasteiger partial charge in [0.25, 0.3) is 0 Å². The number of hydrogen-bond donors (Lipinski definition) is 5. The first kappa shape index (κ1) is 31.4. The molecule has 0 aliphatic heterocycles. The van der Waals surface area contributed by atoms with Crippen molar-refractivity contribution < 1.29 is 44.6 Å². The molecule has 0 radical (unpaired) electrons. The molecule has 0 saturated heterocycles. The number of rotatable bonds is 6. The van der Waals surface area contributed by atoms with Crippen LogP contribution in [0, 0.1) is 38.9 Å². The van der Waals surface area contributed by atoms with E-state index in [2.05, 4.69) is 6.08 Å². The Kier molecular flexibility index (Phi) is 7.89. The number of fused-ring (bicyclic) bond motifs is 5. The maximum Gasteiger partial charge on any atom is 0.315 e. The van der Waals surface area contributed by atoms with Gasteiger partial charge in [0.15, 0.2) is 0 Å². The highest BCUT2D eigenvalue weighted by atomic mass is 16.5. The SMILES string of the molecule is COC(=O)CC[C@H]1[C@]2(C)CC[C@@]3(C(=O)OC)[C@]4(O)CC(C)=CC[C@]4(C)CC[C@]3(C)[C@H]2[C@H](O)[C@H](O)[C@]1(CO)[C@@H](C)O. The van der Waals surface area contributed by atoms with Crippen LogP contribution in [0.5, 0.6) is 0 Å². The molecule has 0 amide bonds. The summed E-state index contributed by atoms with van der Waals surface area (Å²) in [6, 6.07) is 0. The first-order valence-corrected chi connectivity index (χ1v) is 14.7. The number of ether oxygens (including phenoxy) is 2. The molecule has 3 saturated carbocycles. The van der Waals surface area contributed by atoms with Crippen LogP contribution in [0.4, 0.5) is 0 Å². The van der Waals surface area contributed by atoms with Gasteiger partial charge < -0.3 is 35.0 Å².